The average Bonchev–Trinajstić information content (AvgIpc) is 2.90. The molecule has 0 aromatic carbocycles. The molecule has 1 N–H and O–H groups in total. The monoisotopic (exact) mass is 306 g/mol. The smallest absolute Gasteiger partial charge is 0.112 e. The van der Waals surface area contributed by atoms with Crippen LogP contribution in [0.15, 0.2) is 0 Å². The van der Waals surface area contributed by atoms with E-state index in [2.05, 4.69) is 67.3 Å². The van der Waals surface area contributed by atoms with Gasteiger partial charge in [-0.2, -0.15) is 0 Å². The molecule has 22 heavy (non-hydrogen) atoms. The minimum Gasteiger partial charge on any atom is -0.345 e. The van der Waals surface area contributed by atoms with Gasteiger partial charge in [-0.25, -0.2) is 4.98 Å². The fourth-order valence-corrected chi connectivity index (χ4v) is 2.79. The van der Waals surface area contributed by atoms with Gasteiger partial charge in [-0.15, -0.1) is 0 Å². The summed E-state index contributed by atoms with van der Waals surface area (Å²) in [6.07, 6.45) is 4.82. The molecule has 0 spiro atoms. The third-order valence-electron chi connectivity index (χ3n) is 5.51. The van der Waals surface area contributed by atoms with E-state index < -0.39 is 0 Å². The van der Waals surface area contributed by atoms with Crippen LogP contribution >= 0.6 is 0 Å². The Morgan fingerprint density at radius 3 is 2.05 bits per heavy atom. The third kappa shape index (κ3) is 4.14. The van der Waals surface area contributed by atoms with Crippen LogP contribution in [0, 0.1) is 5.92 Å². The van der Waals surface area contributed by atoms with E-state index in [1.165, 1.54) is 30.7 Å². The molecule has 2 heteroatoms. The first kappa shape index (κ1) is 19.3. The second-order valence-corrected chi connectivity index (χ2v) is 8.61. The van der Waals surface area contributed by atoms with E-state index in [0.717, 1.165) is 12.2 Å². The van der Waals surface area contributed by atoms with Crippen molar-refractivity contribution >= 4 is 0 Å². The predicted molar refractivity (Wildman–Crippen MR) is 97.7 cm³/mol. The number of imidazole rings is 1. The fraction of sp³-hybridized carbons (Fsp3) is 0.850. The standard InChI is InChI=1S/C20H38N2/c1-10-12-13-20(8,9)17-16(15(5)14(3)4)21-18(22-17)19(6,7)11-2/h14-15H,10-13H2,1-9H3,(H,21,22). The van der Waals surface area contributed by atoms with Crippen molar-refractivity contribution < 1.29 is 0 Å². The summed E-state index contributed by atoms with van der Waals surface area (Å²) in [7, 11) is 0. The van der Waals surface area contributed by atoms with Gasteiger partial charge in [-0.3, -0.25) is 0 Å². The number of hydrogen-bond donors (Lipinski definition) is 1. The van der Waals surface area contributed by atoms with Crippen LogP contribution in [0.25, 0.3) is 0 Å². The molecule has 0 aliphatic rings. The summed E-state index contributed by atoms with van der Waals surface area (Å²) >= 11 is 0. The summed E-state index contributed by atoms with van der Waals surface area (Å²) in [6, 6.07) is 0. The van der Waals surface area contributed by atoms with Crippen molar-refractivity contribution in [2.24, 2.45) is 5.92 Å². The predicted octanol–water partition coefficient (Wildman–Crippen LogP) is 6.32. The van der Waals surface area contributed by atoms with Gasteiger partial charge < -0.3 is 4.98 Å². The number of aromatic amines is 1. The number of unbranched alkanes of at least 4 members (excludes halogenated alkanes) is 1. The highest BCUT2D eigenvalue weighted by molar-refractivity contribution is 5.28. The molecule has 1 unspecified atom stereocenters. The van der Waals surface area contributed by atoms with Crippen molar-refractivity contribution in [3.8, 4) is 0 Å². The Hall–Kier alpha value is -0.790. The molecule has 0 radical (unpaired) electrons. The number of nitrogens with one attached hydrogen (secondary N) is 1. The molecule has 1 rings (SSSR count). The zero-order chi connectivity index (χ0) is 17.1. The Bertz CT molecular complexity index is 466. The molecule has 0 amide bonds. The molecule has 0 saturated heterocycles. The largest absolute Gasteiger partial charge is 0.345 e. The Morgan fingerprint density at radius 1 is 1.00 bits per heavy atom. The zero-order valence-corrected chi connectivity index (χ0v) is 16.4. The minimum absolute atomic E-state index is 0.116. The van der Waals surface area contributed by atoms with E-state index in [1.54, 1.807) is 0 Å². The number of hydrogen-bond acceptors (Lipinski definition) is 1. The molecule has 0 saturated carbocycles. The lowest BCUT2D eigenvalue weighted by atomic mass is 9.79. The molecule has 0 bridgehead atoms. The molecule has 0 aliphatic carbocycles. The normalized spacial score (nSPS) is 14.6. The summed E-state index contributed by atoms with van der Waals surface area (Å²) in [6.45, 7) is 20.8. The lowest BCUT2D eigenvalue weighted by Gasteiger charge is -2.26. The van der Waals surface area contributed by atoms with Crippen LogP contribution in [0.5, 0.6) is 0 Å². The molecular weight excluding hydrogens is 268 g/mol. The number of rotatable bonds is 8. The van der Waals surface area contributed by atoms with E-state index in [9.17, 15) is 0 Å². The van der Waals surface area contributed by atoms with Crippen LogP contribution in [0.4, 0.5) is 0 Å². The number of H-pyrrole nitrogens is 1. The van der Waals surface area contributed by atoms with Crippen LogP contribution in [0.2, 0.25) is 0 Å². The van der Waals surface area contributed by atoms with E-state index in [0.29, 0.717) is 11.8 Å². The van der Waals surface area contributed by atoms with Gasteiger partial charge in [0.05, 0.1) is 5.69 Å². The highest BCUT2D eigenvalue weighted by Crippen LogP contribution is 2.38. The fourth-order valence-electron chi connectivity index (χ4n) is 2.79. The van der Waals surface area contributed by atoms with Crippen molar-refractivity contribution in [2.45, 2.75) is 105 Å². The molecule has 128 valence electrons. The van der Waals surface area contributed by atoms with Gasteiger partial charge in [0.15, 0.2) is 0 Å². The highest BCUT2D eigenvalue weighted by atomic mass is 15.0. The highest BCUT2D eigenvalue weighted by Gasteiger charge is 2.33. The van der Waals surface area contributed by atoms with Crippen LogP contribution < -0.4 is 0 Å². The van der Waals surface area contributed by atoms with Gasteiger partial charge in [0.25, 0.3) is 0 Å². The number of aromatic nitrogens is 2. The SMILES string of the molecule is CCCCC(C)(C)c1nc(C(C)(C)CC)[nH]c1C(C)C(C)C. The van der Waals surface area contributed by atoms with E-state index in [4.69, 9.17) is 4.98 Å². The van der Waals surface area contributed by atoms with Gasteiger partial charge in [0.2, 0.25) is 0 Å². The maximum Gasteiger partial charge on any atom is 0.112 e. The lowest BCUT2D eigenvalue weighted by Crippen LogP contribution is -2.22. The molecule has 1 aromatic heterocycles. The second-order valence-electron chi connectivity index (χ2n) is 8.61. The van der Waals surface area contributed by atoms with Crippen LogP contribution in [0.3, 0.4) is 0 Å². The molecule has 0 aliphatic heterocycles. The molecule has 1 atom stereocenters. The zero-order valence-electron chi connectivity index (χ0n) is 16.4. The van der Waals surface area contributed by atoms with Gasteiger partial charge in [0.1, 0.15) is 5.82 Å². The summed E-state index contributed by atoms with van der Waals surface area (Å²) in [5.41, 5.74) is 2.93. The first-order valence-electron chi connectivity index (χ1n) is 9.17. The lowest BCUT2D eigenvalue weighted by molar-refractivity contribution is 0.428. The topological polar surface area (TPSA) is 28.7 Å². The van der Waals surface area contributed by atoms with Crippen molar-refractivity contribution in [1.82, 2.24) is 9.97 Å². The summed E-state index contributed by atoms with van der Waals surface area (Å²) in [5, 5.41) is 0. The molecular formula is C20H38N2. The second kappa shape index (κ2) is 7.19. The molecule has 1 aromatic rings. The summed E-state index contributed by atoms with van der Waals surface area (Å²) in [5.74, 6) is 2.31. The maximum atomic E-state index is 5.13. The number of nitrogens with zero attached hydrogens (tertiary/aromatic N) is 1. The van der Waals surface area contributed by atoms with E-state index in [-0.39, 0.29) is 10.8 Å². The maximum absolute atomic E-state index is 5.13. The Labute approximate surface area is 138 Å². The quantitative estimate of drug-likeness (QED) is 0.597. The average molecular weight is 307 g/mol. The van der Waals surface area contributed by atoms with Gasteiger partial charge in [0, 0.05) is 22.4 Å². The van der Waals surface area contributed by atoms with Gasteiger partial charge in [-0.05, 0) is 18.8 Å². The first-order chi connectivity index (χ1) is 10.1. The summed E-state index contributed by atoms with van der Waals surface area (Å²) in [4.78, 5) is 8.85. The van der Waals surface area contributed by atoms with E-state index >= 15 is 0 Å². The van der Waals surface area contributed by atoms with Gasteiger partial charge >= 0.3 is 0 Å². The van der Waals surface area contributed by atoms with Crippen molar-refractivity contribution in [3.63, 3.8) is 0 Å². The van der Waals surface area contributed by atoms with Crippen molar-refractivity contribution in [3.05, 3.63) is 17.2 Å². The Morgan fingerprint density at radius 2 is 1.59 bits per heavy atom. The Kier molecular flexibility index (Phi) is 6.29. The van der Waals surface area contributed by atoms with Crippen molar-refractivity contribution in [2.75, 3.05) is 0 Å². The molecule has 0 fully saturated rings. The minimum atomic E-state index is 0.116. The third-order valence-corrected chi connectivity index (χ3v) is 5.51. The van der Waals surface area contributed by atoms with Gasteiger partial charge in [-0.1, -0.05) is 75.2 Å². The molecule has 2 nitrogen and oxygen atoms in total. The van der Waals surface area contributed by atoms with Crippen LogP contribution in [-0.4, -0.2) is 9.97 Å². The summed E-state index contributed by atoms with van der Waals surface area (Å²) < 4.78 is 0. The molecule has 1 heterocycles. The van der Waals surface area contributed by atoms with Crippen molar-refractivity contribution in [1.29, 1.82) is 0 Å². The van der Waals surface area contributed by atoms with Crippen LogP contribution in [0.1, 0.15) is 111 Å². The van der Waals surface area contributed by atoms with Crippen LogP contribution in [-0.2, 0) is 10.8 Å². The Balaban J connectivity index is 3.34. The first-order valence-corrected chi connectivity index (χ1v) is 9.17. The van der Waals surface area contributed by atoms with E-state index in [1.807, 2.05) is 0 Å².